The molecule has 1 aromatic heterocycles. The van der Waals surface area contributed by atoms with Crippen molar-refractivity contribution in [3.05, 3.63) is 58.2 Å². The number of rotatable bonds is 8. The monoisotopic (exact) mass is 595 g/mol. The number of aliphatic hydroxyl groups excluding tert-OH is 1. The number of carbonyl (C=O) groups is 3. The average Bonchev–Trinajstić information content (AvgIpc) is 3.41. The highest BCUT2D eigenvalue weighted by molar-refractivity contribution is 6.30. The number of nitrogens with one attached hydrogen (secondary N) is 5. The number of hydrogen-bond acceptors (Lipinski definition) is 9. The van der Waals surface area contributed by atoms with Crippen LogP contribution in [-0.2, 0) is 20.5 Å². The number of H-pyrrole nitrogens is 1. The number of methoxy groups -OCH3 is 1. The maximum Gasteiger partial charge on any atom is 0.416 e. The Morgan fingerprint density at radius 2 is 2.00 bits per heavy atom. The zero-order valence-corrected chi connectivity index (χ0v) is 22.2. The van der Waals surface area contributed by atoms with E-state index in [0.717, 1.165) is 19.2 Å². The molecule has 2 atom stereocenters. The van der Waals surface area contributed by atoms with Crippen LogP contribution in [0.5, 0.6) is 0 Å². The summed E-state index contributed by atoms with van der Waals surface area (Å²) in [7, 11) is 1.10. The third-order valence-electron chi connectivity index (χ3n) is 6.03. The van der Waals surface area contributed by atoms with Crippen molar-refractivity contribution >= 4 is 51.9 Å². The van der Waals surface area contributed by atoms with E-state index in [1.165, 1.54) is 18.2 Å². The number of hydrogen-bond donors (Lipinski definition) is 6. The first-order valence-electron chi connectivity index (χ1n) is 12.2. The molecule has 2 heterocycles. The van der Waals surface area contributed by atoms with Crippen molar-refractivity contribution in [3.63, 3.8) is 0 Å². The lowest BCUT2D eigenvalue weighted by atomic mass is 10.0. The highest BCUT2D eigenvalue weighted by atomic mass is 35.5. The lowest BCUT2D eigenvalue weighted by Crippen LogP contribution is -2.42. The van der Waals surface area contributed by atoms with Gasteiger partial charge in [-0.05, 0) is 35.9 Å². The van der Waals surface area contributed by atoms with E-state index in [0.29, 0.717) is 29.1 Å². The third-order valence-corrected chi connectivity index (χ3v) is 6.25. The zero-order chi connectivity index (χ0) is 29.7. The minimum Gasteiger partial charge on any atom is -0.469 e. The molecule has 218 valence electrons. The van der Waals surface area contributed by atoms with Gasteiger partial charge in [-0.3, -0.25) is 24.5 Å². The van der Waals surface area contributed by atoms with Gasteiger partial charge in [0, 0.05) is 22.5 Å². The van der Waals surface area contributed by atoms with Gasteiger partial charge in [0.1, 0.15) is 0 Å². The summed E-state index contributed by atoms with van der Waals surface area (Å²) < 4.78 is 44.5. The fourth-order valence-electron chi connectivity index (χ4n) is 4.02. The van der Waals surface area contributed by atoms with Crippen molar-refractivity contribution in [2.24, 2.45) is 4.99 Å². The Hall–Kier alpha value is -4.37. The average molecular weight is 596 g/mol. The summed E-state index contributed by atoms with van der Waals surface area (Å²) in [4.78, 5) is 41.8. The van der Waals surface area contributed by atoms with Gasteiger partial charge < -0.3 is 31.1 Å². The first-order valence-corrected chi connectivity index (χ1v) is 12.5. The van der Waals surface area contributed by atoms with E-state index < -0.39 is 54.6 Å². The molecule has 1 aliphatic rings. The molecule has 16 heteroatoms. The molecule has 0 radical (unpaired) electrons. The number of benzene rings is 2. The molecule has 12 nitrogen and oxygen atoms in total. The van der Waals surface area contributed by atoms with Crippen molar-refractivity contribution < 1.29 is 37.4 Å². The fourth-order valence-corrected chi connectivity index (χ4v) is 4.26. The second-order valence-corrected chi connectivity index (χ2v) is 9.49. The Balaban J connectivity index is 1.47. The third kappa shape index (κ3) is 7.64. The number of fused-ring (bicyclic) bond motifs is 1. The van der Waals surface area contributed by atoms with E-state index in [-0.39, 0.29) is 22.7 Å². The van der Waals surface area contributed by atoms with Crippen LogP contribution in [0.15, 0.2) is 41.5 Å². The van der Waals surface area contributed by atoms with Crippen LogP contribution in [0.3, 0.4) is 0 Å². The van der Waals surface area contributed by atoms with Gasteiger partial charge in [0.15, 0.2) is 5.96 Å². The number of aliphatic imine (C=N–C) groups is 1. The quantitative estimate of drug-likeness (QED) is 0.215. The lowest BCUT2D eigenvalue weighted by Gasteiger charge is -2.21. The maximum absolute atomic E-state index is 13.3. The van der Waals surface area contributed by atoms with E-state index in [2.05, 4.69) is 41.2 Å². The molecule has 2 aromatic carbocycles. The predicted octanol–water partition coefficient (Wildman–Crippen LogP) is 2.12. The number of aliphatic hydroxyl groups is 1. The van der Waals surface area contributed by atoms with Gasteiger partial charge in [-0.15, -0.1) is 0 Å². The number of β-amino-alcohol motifs (C(OH)–C–C–N with tert-alkyl or cyclic N) is 1. The molecular formula is C25H25ClF3N7O5. The number of alkyl halides is 3. The molecule has 1 unspecified atom stereocenters. The topological polar surface area (TPSA) is 170 Å². The van der Waals surface area contributed by atoms with Crippen molar-refractivity contribution in [1.82, 2.24) is 26.1 Å². The van der Waals surface area contributed by atoms with Crippen LogP contribution in [-0.4, -0.2) is 71.9 Å². The summed E-state index contributed by atoms with van der Waals surface area (Å²) >= 11 is 5.87. The Labute approximate surface area is 235 Å². The summed E-state index contributed by atoms with van der Waals surface area (Å²) in [6, 6.07) is 4.52. The van der Waals surface area contributed by atoms with Gasteiger partial charge in [-0.1, -0.05) is 11.6 Å². The van der Waals surface area contributed by atoms with Crippen molar-refractivity contribution in [3.8, 4) is 0 Å². The van der Waals surface area contributed by atoms with Gasteiger partial charge in [0.25, 0.3) is 5.91 Å². The van der Waals surface area contributed by atoms with E-state index >= 15 is 0 Å². The largest absolute Gasteiger partial charge is 0.469 e. The number of halogens is 4. The van der Waals surface area contributed by atoms with Gasteiger partial charge in [-0.2, -0.15) is 18.3 Å². The summed E-state index contributed by atoms with van der Waals surface area (Å²) in [5, 5.41) is 27.7. The smallest absolute Gasteiger partial charge is 0.416 e. The fraction of sp³-hybridized carbons (Fsp3) is 0.320. The molecule has 2 amide bonds. The molecule has 41 heavy (non-hydrogen) atoms. The van der Waals surface area contributed by atoms with Gasteiger partial charge >= 0.3 is 12.1 Å². The molecule has 4 rings (SSSR count). The van der Waals surface area contributed by atoms with Gasteiger partial charge in [-0.25, -0.2) is 0 Å². The molecule has 1 aliphatic heterocycles. The van der Waals surface area contributed by atoms with Crippen LogP contribution in [0.1, 0.15) is 33.9 Å². The Bertz CT molecular complexity index is 1490. The number of esters is 1. The lowest BCUT2D eigenvalue weighted by molar-refractivity contribution is -0.141. The number of carbonyl (C=O) groups excluding carboxylic acids is 3. The molecule has 0 saturated heterocycles. The number of nitrogens with zero attached hydrogens (tertiary/aromatic N) is 2. The summed E-state index contributed by atoms with van der Waals surface area (Å²) in [5.41, 5.74) is 0.0293. The van der Waals surface area contributed by atoms with Crippen molar-refractivity contribution in [2.75, 3.05) is 32.1 Å². The minimum atomic E-state index is -4.71. The number of guanidine groups is 1. The Kier molecular flexibility index (Phi) is 8.98. The summed E-state index contributed by atoms with van der Waals surface area (Å²) in [6.45, 7) is -0.0682. The van der Waals surface area contributed by atoms with Crippen LogP contribution >= 0.6 is 11.6 Å². The molecule has 0 saturated carbocycles. The first-order chi connectivity index (χ1) is 19.4. The number of ether oxygens (including phenoxy) is 1. The summed E-state index contributed by atoms with van der Waals surface area (Å²) in [5.74, 6) is -1.81. The van der Waals surface area contributed by atoms with Crippen LogP contribution < -0.4 is 21.3 Å². The Morgan fingerprint density at radius 1 is 1.22 bits per heavy atom. The van der Waals surface area contributed by atoms with Crippen LogP contribution in [0, 0.1) is 0 Å². The normalized spacial score (nSPS) is 15.9. The summed E-state index contributed by atoms with van der Waals surface area (Å²) in [6.07, 6.45) is -4.26. The Morgan fingerprint density at radius 3 is 2.68 bits per heavy atom. The zero-order valence-electron chi connectivity index (χ0n) is 21.4. The second-order valence-electron chi connectivity index (χ2n) is 9.06. The number of aromatic nitrogens is 2. The van der Waals surface area contributed by atoms with Crippen LogP contribution in [0.2, 0.25) is 5.02 Å². The van der Waals surface area contributed by atoms with E-state index in [9.17, 15) is 32.7 Å². The SMILES string of the molecule is COC(=O)C[C@H](NC(=O)CNC(=O)c1cc(NC2=NCC(O)CN2)c2cn[nH]c2c1)c1cc(Cl)cc(C(F)(F)F)c1. The second kappa shape index (κ2) is 12.4. The van der Waals surface area contributed by atoms with Crippen molar-refractivity contribution in [1.29, 1.82) is 0 Å². The molecular weight excluding hydrogens is 571 g/mol. The molecule has 0 spiro atoms. The van der Waals surface area contributed by atoms with E-state index in [1.807, 2.05) is 0 Å². The molecule has 3 aromatic rings. The van der Waals surface area contributed by atoms with E-state index in [1.54, 1.807) is 6.20 Å². The van der Waals surface area contributed by atoms with Crippen LogP contribution in [0.4, 0.5) is 18.9 Å². The molecule has 0 bridgehead atoms. The van der Waals surface area contributed by atoms with Crippen LogP contribution in [0.25, 0.3) is 10.9 Å². The minimum absolute atomic E-state index is 0.0675. The number of aromatic amines is 1. The van der Waals surface area contributed by atoms with Crippen molar-refractivity contribution in [2.45, 2.75) is 24.7 Å². The molecule has 6 N–H and O–H groups in total. The number of anilines is 1. The van der Waals surface area contributed by atoms with Gasteiger partial charge in [0.2, 0.25) is 5.91 Å². The first kappa shape index (κ1) is 29.6. The van der Waals surface area contributed by atoms with Gasteiger partial charge in [0.05, 0.1) is 61.7 Å². The predicted molar refractivity (Wildman–Crippen MR) is 142 cm³/mol. The van der Waals surface area contributed by atoms with E-state index in [4.69, 9.17) is 11.6 Å². The molecule has 0 fully saturated rings. The highest BCUT2D eigenvalue weighted by Gasteiger charge is 2.32. The highest BCUT2D eigenvalue weighted by Crippen LogP contribution is 2.34. The standard InChI is InChI=1S/C25H25ClF3N7O5/c1-41-22(39)7-18(12-2-14(25(27,28)29)6-15(26)3-12)34-21(38)11-30-23(40)13-4-19(17-10-33-36-20(17)5-13)35-24-31-8-16(37)9-32-24/h2-6,10,16,18,37H,7-9,11H2,1H3,(H,30,40)(H,33,36)(H,34,38)(H2,31,32,35)/t18-/m0/s1. The molecule has 0 aliphatic carbocycles. The maximum atomic E-state index is 13.3. The number of amides is 2.